The van der Waals surface area contributed by atoms with E-state index in [1.54, 1.807) is 0 Å². The summed E-state index contributed by atoms with van der Waals surface area (Å²) >= 11 is 0. The van der Waals surface area contributed by atoms with Crippen LogP contribution in [0.15, 0.2) is 170 Å². The van der Waals surface area contributed by atoms with Crippen LogP contribution < -0.4 is 31.8 Å². The van der Waals surface area contributed by atoms with Crippen LogP contribution in [0.5, 0.6) is 0 Å². The summed E-state index contributed by atoms with van der Waals surface area (Å²) in [4.78, 5) is 0. The van der Waals surface area contributed by atoms with Crippen molar-refractivity contribution in [3.05, 3.63) is 170 Å². The van der Waals surface area contributed by atoms with Gasteiger partial charge in [-0.1, -0.05) is 129 Å². The van der Waals surface area contributed by atoms with Gasteiger partial charge in [0.25, 0.3) is 0 Å². The van der Waals surface area contributed by atoms with Gasteiger partial charge in [0.15, 0.2) is 0 Å². The van der Waals surface area contributed by atoms with E-state index < -0.39 is 15.8 Å². The van der Waals surface area contributed by atoms with Crippen molar-refractivity contribution in [3.8, 4) is 0 Å². The molecule has 0 saturated heterocycles. The van der Waals surface area contributed by atoms with Crippen LogP contribution in [0, 0.1) is 0 Å². The Hall–Kier alpha value is -3.04. The van der Waals surface area contributed by atoms with Gasteiger partial charge in [0, 0.05) is 17.1 Å². The predicted octanol–water partition coefficient (Wildman–Crippen LogP) is 6.32. The fourth-order valence-corrected chi connectivity index (χ4v) is 9.53. The summed E-state index contributed by atoms with van der Waals surface area (Å²) in [5, 5.41) is 8.51. The third kappa shape index (κ3) is 6.84. The first kappa shape index (κ1) is 27.0. The summed E-state index contributed by atoms with van der Waals surface area (Å²) in [6.45, 7) is 0. The Morgan fingerprint density at radius 2 is 0.757 bits per heavy atom. The first-order valence-electron chi connectivity index (χ1n) is 12.1. The molecule has 0 amide bonds. The van der Waals surface area contributed by atoms with Crippen LogP contribution in [0.2, 0.25) is 0 Å². The van der Waals surface area contributed by atoms with Crippen molar-refractivity contribution >= 4 is 47.7 Å². The molecule has 0 bridgehead atoms. The Balaban J connectivity index is 0.000000479. The molecular formula is C34H28FeP2-6. The Morgan fingerprint density at radius 1 is 0.405 bits per heavy atom. The molecule has 37 heavy (non-hydrogen) atoms. The van der Waals surface area contributed by atoms with Gasteiger partial charge in [-0.2, -0.15) is 6.07 Å². The Morgan fingerprint density at radius 3 is 1.14 bits per heavy atom. The number of hydrogen-bond donors (Lipinski definition) is 0. The number of hydrogen-bond acceptors (Lipinski definition) is 0. The average molecular weight is 554 g/mol. The molecule has 0 N–H and O–H groups in total. The van der Waals surface area contributed by atoms with E-state index in [0.29, 0.717) is 0 Å². The maximum atomic E-state index is 2.35. The fraction of sp³-hybridized carbons (Fsp3) is 0. The van der Waals surface area contributed by atoms with Crippen LogP contribution >= 0.6 is 15.8 Å². The first-order valence-corrected chi connectivity index (χ1v) is 14.8. The second-order valence-corrected chi connectivity index (χ2v) is 12.6. The van der Waals surface area contributed by atoms with Crippen molar-refractivity contribution in [2.45, 2.75) is 0 Å². The van der Waals surface area contributed by atoms with Crippen LogP contribution in [0.25, 0.3) is 0 Å². The van der Waals surface area contributed by atoms with Gasteiger partial charge in [-0.25, -0.2) is 12.1 Å². The zero-order valence-electron chi connectivity index (χ0n) is 20.4. The van der Waals surface area contributed by atoms with Crippen LogP contribution in [0.1, 0.15) is 0 Å². The number of benzene rings is 4. The molecule has 0 aliphatic rings. The van der Waals surface area contributed by atoms with Gasteiger partial charge in [0.05, 0.1) is 0 Å². The molecule has 0 unspecified atom stereocenters. The summed E-state index contributed by atoms with van der Waals surface area (Å²) in [7, 11) is -1.25. The minimum atomic E-state index is -0.627. The first-order chi connectivity index (χ1) is 17.9. The third-order valence-corrected chi connectivity index (χ3v) is 11.0. The zero-order chi connectivity index (χ0) is 24.4. The van der Waals surface area contributed by atoms with Crippen LogP contribution in [0.3, 0.4) is 0 Å². The van der Waals surface area contributed by atoms with Crippen molar-refractivity contribution in [1.29, 1.82) is 0 Å². The molecule has 0 aliphatic heterocycles. The molecule has 0 aromatic heterocycles. The molecule has 0 fully saturated rings. The van der Waals surface area contributed by atoms with E-state index in [1.165, 1.54) is 31.8 Å². The van der Waals surface area contributed by atoms with E-state index >= 15 is 0 Å². The molecular weight excluding hydrogens is 526 g/mol. The molecule has 0 heterocycles. The maximum Gasteiger partial charge on any atom is 0 e. The largest absolute Gasteiger partial charge is 0.748 e. The molecule has 0 atom stereocenters. The minimum Gasteiger partial charge on any atom is -0.748 e. The van der Waals surface area contributed by atoms with Crippen LogP contribution in [0.4, 0.5) is 0 Å². The maximum absolute atomic E-state index is 2.35. The molecule has 6 aromatic rings. The fourth-order valence-electron chi connectivity index (χ4n) is 4.26. The smallest absolute Gasteiger partial charge is 0 e. The standard InChI is InChI=1S/C29H23P2.C5H5.Fe/c1-5-14-24(15-6-1)30(25-16-7-2-8-17-25)28-22-13-23-29(28)31(26-18-9-3-10-19-26)27-20-11-4-12-21-27;1-2-4-5-3-1;/h1-23H;1-5H;/q-1;-5;. The van der Waals surface area contributed by atoms with Crippen LogP contribution in [-0.2, 0) is 17.1 Å². The summed E-state index contributed by atoms with van der Waals surface area (Å²) in [6, 6.07) is 60.9. The molecule has 0 nitrogen and oxygen atoms in total. The average Bonchev–Trinajstić information content (AvgIpc) is 3.68. The van der Waals surface area contributed by atoms with Crippen molar-refractivity contribution in [1.82, 2.24) is 0 Å². The van der Waals surface area contributed by atoms with Crippen LogP contribution in [-0.4, -0.2) is 0 Å². The van der Waals surface area contributed by atoms with E-state index in [9.17, 15) is 0 Å². The predicted molar refractivity (Wildman–Crippen MR) is 161 cm³/mol. The van der Waals surface area contributed by atoms with Crippen molar-refractivity contribution in [3.63, 3.8) is 0 Å². The van der Waals surface area contributed by atoms with Gasteiger partial charge < -0.3 is 30.3 Å². The van der Waals surface area contributed by atoms with Gasteiger partial charge in [-0.15, -0.1) is 10.6 Å². The summed E-state index contributed by atoms with van der Waals surface area (Å²) in [5.74, 6) is 0. The zero-order valence-corrected chi connectivity index (χ0v) is 23.3. The molecule has 0 aliphatic carbocycles. The quantitative estimate of drug-likeness (QED) is 0.128. The SMILES string of the molecule is [Fe].[cH-]1[cH-][cH-][cH-][cH-]1.c1ccc(P(c2ccccc2)c2ccc[c-]2P(c2ccccc2)c2ccccc2)cc1. The molecule has 0 saturated carbocycles. The van der Waals surface area contributed by atoms with E-state index in [-0.39, 0.29) is 17.1 Å². The molecule has 6 aromatic carbocycles. The Bertz CT molecular complexity index is 1220. The van der Waals surface area contributed by atoms with Gasteiger partial charge in [-0.3, -0.25) is 0 Å². The van der Waals surface area contributed by atoms with Gasteiger partial charge >= 0.3 is 0 Å². The monoisotopic (exact) mass is 554 g/mol. The summed E-state index contributed by atoms with van der Waals surface area (Å²) in [5.41, 5.74) is 0. The Kier molecular flexibility index (Phi) is 10.3. The van der Waals surface area contributed by atoms with E-state index in [0.717, 1.165) is 0 Å². The second kappa shape index (κ2) is 14.0. The second-order valence-electron chi connectivity index (χ2n) is 8.27. The van der Waals surface area contributed by atoms with Gasteiger partial charge in [-0.05, 0) is 29.1 Å². The van der Waals surface area contributed by atoms with Gasteiger partial charge in [0.1, 0.15) is 0 Å². The molecule has 6 rings (SSSR count). The van der Waals surface area contributed by atoms with Crippen molar-refractivity contribution < 1.29 is 17.1 Å². The van der Waals surface area contributed by atoms with E-state index in [2.05, 4.69) is 140 Å². The molecule has 3 heteroatoms. The Labute approximate surface area is 233 Å². The van der Waals surface area contributed by atoms with E-state index in [1.807, 2.05) is 30.3 Å². The third-order valence-electron chi connectivity index (χ3n) is 5.87. The normalized spacial score (nSPS) is 10.4. The summed E-state index contributed by atoms with van der Waals surface area (Å²) < 4.78 is 0. The van der Waals surface area contributed by atoms with E-state index in [4.69, 9.17) is 0 Å². The van der Waals surface area contributed by atoms with Crippen molar-refractivity contribution in [2.75, 3.05) is 0 Å². The minimum absolute atomic E-state index is 0. The number of rotatable bonds is 6. The molecule has 188 valence electrons. The van der Waals surface area contributed by atoms with Gasteiger partial charge in [0.2, 0.25) is 0 Å². The molecule has 0 radical (unpaired) electrons. The summed E-state index contributed by atoms with van der Waals surface area (Å²) in [6.07, 6.45) is 0. The van der Waals surface area contributed by atoms with Crippen molar-refractivity contribution in [2.24, 2.45) is 0 Å². The molecule has 0 spiro atoms. The topological polar surface area (TPSA) is 0 Å².